The maximum atomic E-state index is 11.6. The van der Waals surface area contributed by atoms with E-state index in [1.54, 1.807) is 19.0 Å². The Kier molecular flexibility index (Phi) is 9.51. The highest BCUT2D eigenvalue weighted by atomic mass is 16.2. The van der Waals surface area contributed by atoms with Crippen LogP contribution in [0.5, 0.6) is 0 Å². The number of carbonyl (C=O) groups excluding carboxylic acids is 1. The summed E-state index contributed by atoms with van der Waals surface area (Å²) in [6.07, 6.45) is 2.27. The molecule has 0 heterocycles. The van der Waals surface area contributed by atoms with Crippen molar-refractivity contribution in [1.29, 1.82) is 0 Å². The van der Waals surface area contributed by atoms with Crippen molar-refractivity contribution in [2.24, 2.45) is 10.9 Å². The molecule has 116 valence electrons. The molecule has 0 aliphatic rings. The average molecular weight is 282 g/mol. The Morgan fingerprint density at radius 3 is 2.30 bits per heavy atom. The zero-order valence-electron chi connectivity index (χ0n) is 13.6. The fraction of sp³-hybridized carbons (Fsp3) is 0.733. The fourth-order valence-corrected chi connectivity index (χ4v) is 1.52. The van der Waals surface area contributed by atoms with Crippen LogP contribution in [0.25, 0.3) is 0 Å². The Morgan fingerprint density at radius 2 is 1.85 bits per heavy atom. The molecule has 1 amide bonds. The molecule has 0 saturated carbocycles. The summed E-state index contributed by atoms with van der Waals surface area (Å²) in [4.78, 5) is 17.4. The summed E-state index contributed by atoms with van der Waals surface area (Å²) in [6.45, 7) is 11.9. The Balaban J connectivity index is 4.50. The first-order valence-corrected chi connectivity index (χ1v) is 7.27. The molecule has 0 spiro atoms. The predicted molar refractivity (Wildman–Crippen MR) is 85.9 cm³/mol. The van der Waals surface area contributed by atoms with Crippen molar-refractivity contribution in [2.45, 2.75) is 33.6 Å². The van der Waals surface area contributed by atoms with E-state index in [1.807, 2.05) is 6.92 Å². The quantitative estimate of drug-likeness (QED) is 0.404. The number of nitrogens with one attached hydrogen (secondary N) is 2. The van der Waals surface area contributed by atoms with E-state index in [9.17, 15) is 4.79 Å². The molecule has 0 aromatic heterocycles. The molecule has 0 radical (unpaired) electrons. The van der Waals surface area contributed by atoms with Crippen molar-refractivity contribution in [3.63, 3.8) is 0 Å². The largest absolute Gasteiger partial charge is 0.356 e. The van der Waals surface area contributed by atoms with Crippen LogP contribution in [-0.4, -0.2) is 50.5 Å². The van der Waals surface area contributed by atoms with Crippen LogP contribution in [-0.2, 0) is 4.79 Å². The molecule has 5 nitrogen and oxygen atoms in total. The number of nitrogens with zero attached hydrogens (tertiary/aromatic N) is 2. The number of hydrogen-bond acceptors (Lipinski definition) is 2. The van der Waals surface area contributed by atoms with Crippen molar-refractivity contribution in [3.05, 3.63) is 12.2 Å². The van der Waals surface area contributed by atoms with Gasteiger partial charge in [0.1, 0.15) is 6.54 Å². The molecule has 5 heteroatoms. The highest BCUT2D eigenvalue weighted by Crippen LogP contribution is 2.04. The minimum Gasteiger partial charge on any atom is -0.356 e. The average Bonchev–Trinajstić information content (AvgIpc) is 2.41. The highest BCUT2D eigenvalue weighted by Gasteiger charge is 2.07. The minimum atomic E-state index is -0.0102. The lowest BCUT2D eigenvalue weighted by Crippen LogP contribution is -2.41. The summed E-state index contributed by atoms with van der Waals surface area (Å²) < 4.78 is 0. The Morgan fingerprint density at radius 1 is 1.25 bits per heavy atom. The van der Waals surface area contributed by atoms with Gasteiger partial charge in [-0.1, -0.05) is 38.8 Å². The molecule has 0 fully saturated rings. The molecular formula is C15H30N4O. The molecule has 0 aliphatic carbocycles. The van der Waals surface area contributed by atoms with Gasteiger partial charge in [0.15, 0.2) is 5.96 Å². The monoisotopic (exact) mass is 282 g/mol. The van der Waals surface area contributed by atoms with Crippen LogP contribution in [0, 0.1) is 5.92 Å². The molecular weight excluding hydrogens is 252 g/mol. The van der Waals surface area contributed by atoms with Crippen LogP contribution in [0.2, 0.25) is 0 Å². The molecule has 0 rings (SSSR count). The second kappa shape index (κ2) is 10.3. The lowest BCUT2D eigenvalue weighted by atomic mass is 10.0. The van der Waals surface area contributed by atoms with Crippen molar-refractivity contribution >= 4 is 11.9 Å². The summed E-state index contributed by atoms with van der Waals surface area (Å²) in [5, 5.41) is 6.48. The van der Waals surface area contributed by atoms with Gasteiger partial charge in [-0.15, -0.1) is 0 Å². The van der Waals surface area contributed by atoms with Gasteiger partial charge in [0, 0.05) is 27.2 Å². The second-order valence-electron chi connectivity index (χ2n) is 5.33. The van der Waals surface area contributed by atoms with E-state index in [4.69, 9.17) is 0 Å². The number of amides is 1. The zero-order chi connectivity index (χ0) is 15.5. The van der Waals surface area contributed by atoms with E-state index in [1.165, 1.54) is 0 Å². The molecule has 0 aromatic rings. The number of likely N-dealkylation sites (N-methyl/N-ethyl adjacent to an activating group) is 1. The summed E-state index contributed by atoms with van der Waals surface area (Å²) >= 11 is 0. The van der Waals surface area contributed by atoms with Crippen LogP contribution in [0.1, 0.15) is 33.6 Å². The normalized spacial score (nSPS) is 11.4. The zero-order valence-corrected chi connectivity index (χ0v) is 13.6. The third-order valence-electron chi connectivity index (χ3n) is 3.14. The topological polar surface area (TPSA) is 56.7 Å². The van der Waals surface area contributed by atoms with Crippen molar-refractivity contribution in [2.75, 3.05) is 33.7 Å². The van der Waals surface area contributed by atoms with Gasteiger partial charge in [-0.05, 0) is 12.8 Å². The molecule has 0 aliphatic heterocycles. The molecule has 0 unspecified atom stereocenters. The van der Waals surface area contributed by atoms with Gasteiger partial charge < -0.3 is 15.5 Å². The number of aliphatic imine (C=N–C) groups is 1. The van der Waals surface area contributed by atoms with Crippen molar-refractivity contribution < 1.29 is 4.79 Å². The van der Waals surface area contributed by atoms with E-state index in [0.717, 1.165) is 25.0 Å². The van der Waals surface area contributed by atoms with E-state index in [2.05, 4.69) is 36.1 Å². The molecule has 2 N–H and O–H groups in total. The van der Waals surface area contributed by atoms with Gasteiger partial charge in [-0.25, -0.2) is 4.99 Å². The van der Waals surface area contributed by atoms with Gasteiger partial charge in [0.25, 0.3) is 0 Å². The summed E-state index contributed by atoms with van der Waals surface area (Å²) in [5.41, 5.74) is 1.03. The van der Waals surface area contributed by atoms with Crippen LogP contribution >= 0.6 is 0 Å². The lowest BCUT2D eigenvalue weighted by Gasteiger charge is -2.17. The SMILES string of the molecule is C=C(C)CNC(=NCC(=O)N(C)C)NCC(CC)CC. The van der Waals surface area contributed by atoms with Crippen molar-refractivity contribution in [3.8, 4) is 0 Å². The van der Waals surface area contributed by atoms with E-state index in [-0.39, 0.29) is 12.5 Å². The minimum absolute atomic E-state index is 0.0102. The molecule has 0 bridgehead atoms. The standard InChI is InChI=1S/C15H30N4O/c1-7-13(8-2)10-17-15(16-9-12(3)4)18-11-14(20)19(5)6/h13H,3,7-11H2,1-2,4-6H3,(H2,16,17,18). The van der Waals surface area contributed by atoms with Crippen LogP contribution < -0.4 is 10.6 Å². The van der Waals surface area contributed by atoms with Gasteiger partial charge in [0.05, 0.1) is 0 Å². The summed E-state index contributed by atoms with van der Waals surface area (Å²) in [6, 6.07) is 0. The van der Waals surface area contributed by atoms with Gasteiger partial charge >= 0.3 is 0 Å². The summed E-state index contributed by atoms with van der Waals surface area (Å²) in [5.74, 6) is 1.29. The van der Waals surface area contributed by atoms with E-state index in [0.29, 0.717) is 18.4 Å². The van der Waals surface area contributed by atoms with Gasteiger partial charge in [-0.3, -0.25) is 4.79 Å². The maximum absolute atomic E-state index is 11.6. The number of hydrogen-bond donors (Lipinski definition) is 2. The molecule has 0 saturated heterocycles. The highest BCUT2D eigenvalue weighted by molar-refractivity contribution is 5.84. The molecule has 0 atom stereocenters. The first kappa shape index (κ1) is 18.5. The number of guanidine groups is 1. The van der Waals surface area contributed by atoms with Crippen LogP contribution in [0.4, 0.5) is 0 Å². The maximum Gasteiger partial charge on any atom is 0.243 e. The predicted octanol–water partition coefficient (Wildman–Crippen LogP) is 1.62. The van der Waals surface area contributed by atoms with E-state index >= 15 is 0 Å². The van der Waals surface area contributed by atoms with Crippen molar-refractivity contribution in [1.82, 2.24) is 15.5 Å². The van der Waals surface area contributed by atoms with Gasteiger partial charge in [-0.2, -0.15) is 0 Å². The smallest absolute Gasteiger partial charge is 0.243 e. The number of rotatable bonds is 8. The molecule has 0 aromatic carbocycles. The van der Waals surface area contributed by atoms with Gasteiger partial charge in [0.2, 0.25) is 5.91 Å². The Hall–Kier alpha value is -1.52. The van der Waals surface area contributed by atoms with E-state index < -0.39 is 0 Å². The first-order valence-electron chi connectivity index (χ1n) is 7.27. The molecule has 20 heavy (non-hydrogen) atoms. The van der Waals surface area contributed by atoms with Crippen LogP contribution in [0.3, 0.4) is 0 Å². The second-order valence-corrected chi connectivity index (χ2v) is 5.33. The Bertz CT molecular complexity index is 333. The third kappa shape index (κ3) is 8.56. The Labute approximate surface area is 123 Å². The first-order chi connectivity index (χ1) is 9.40. The lowest BCUT2D eigenvalue weighted by molar-refractivity contribution is -0.127. The number of carbonyl (C=O) groups is 1. The fourth-order valence-electron chi connectivity index (χ4n) is 1.52. The van der Waals surface area contributed by atoms with Crippen LogP contribution in [0.15, 0.2) is 17.1 Å². The summed E-state index contributed by atoms with van der Waals surface area (Å²) in [7, 11) is 3.47. The third-order valence-corrected chi connectivity index (χ3v) is 3.14.